The summed E-state index contributed by atoms with van der Waals surface area (Å²) in [4.78, 5) is 0. The lowest BCUT2D eigenvalue weighted by atomic mass is 10.0. The van der Waals surface area contributed by atoms with Crippen molar-refractivity contribution in [2.45, 2.75) is 19.3 Å². The van der Waals surface area contributed by atoms with Crippen LogP contribution in [0.2, 0.25) is 0 Å². The number of anilines is 1. The topological polar surface area (TPSA) is 59.9 Å². The number of fused-ring (bicyclic) bond motifs is 1. The Kier molecular flexibility index (Phi) is 3.36. The van der Waals surface area contributed by atoms with Crippen LogP contribution in [-0.2, 0) is 12.8 Å². The Labute approximate surface area is 109 Å². The summed E-state index contributed by atoms with van der Waals surface area (Å²) in [6.07, 6.45) is 3.20. The van der Waals surface area contributed by atoms with E-state index >= 15 is 0 Å². The van der Waals surface area contributed by atoms with Crippen molar-refractivity contribution in [1.29, 1.82) is 0 Å². The largest absolute Gasteiger partial charge is 0.493 e. The Morgan fingerprint density at radius 3 is 3.28 bits per heavy atom. The molecular weight excluding hydrogens is 248 g/mol. The van der Waals surface area contributed by atoms with Gasteiger partial charge in [0, 0.05) is 18.1 Å². The van der Waals surface area contributed by atoms with E-state index in [4.69, 9.17) is 4.74 Å². The molecule has 0 radical (unpaired) electrons. The van der Waals surface area contributed by atoms with Gasteiger partial charge in [-0.05, 0) is 41.7 Å². The zero-order chi connectivity index (χ0) is 12.2. The molecule has 3 rings (SSSR count). The predicted molar refractivity (Wildman–Crippen MR) is 70.2 cm³/mol. The van der Waals surface area contributed by atoms with Gasteiger partial charge >= 0.3 is 0 Å². The predicted octanol–water partition coefficient (Wildman–Crippen LogP) is 1.91. The molecule has 6 heteroatoms. The van der Waals surface area contributed by atoms with E-state index in [1.807, 2.05) is 0 Å². The number of benzene rings is 1. The number of nitrogens with zero attached hydrogens (tertiary/aromatic N) is 3. The number of hydrogen-bond donors (Lipinski definition) is 1. The summed E-state index contributed by atoms with van der Waals surface area (Å²) in [6, 6.07) is 6.45. The Bertz CT molecular complexity index is 515. The molecule has 1 aromatic heterocycles. The van der Waals surface area contributed by atoms with Gasteiger partial charge in [-0.25, -0.2) is 0 Å². The maximum atomic E-state index is 5.60. The standard InChI is InChI=1S/C12H14N4OS/c1-2-10-8-9(3-4-11(10)17-7-1)5-6-13-12-14-15-16-18-12/h3-4,8H,1-2,5-7H2,(H,13,14,16). The van der Waals surface area contributed by atoms with Crippen LogP contribution in [0.3, 0.4) is 0 Å². The Balaban J connectivity index is 1.59. The highest BCUT2D eigenvalue weighted by atomic mass is 32.1. The molecule has 5 nitrogen and oxygen atoms in total. The van der Waals surface area contributed by atoms with Crippen LogP contribution in [0.5, 0.6) is 5.75 Å². The molecule has 18 heavy (non-hydrogen) atoms. The highest BCUT2D eigenvalue weighted by molar-refractivity contribution is 7.09. The van der Waals surface area contributed by atoms with Crippen LogP contribution in [-0.4, -0.2) is 28.0 Å². The number of aromatic nitrogens is 3. The van der Waals surface area contributed by atoms with E-state index in [0.717, 1.165) is 43.3 Å². The van der Waals surface area contributed by atoms with Crippen molar-refractivity contribution in [2.75, 3.05) is 18.5 Å². The first kappa shape index (κ1) is 11.4. The molecular formula is C12H14N4OS. The van der Waals surface area contributed by atoms with Crippen LogP contribution < -0.4 is 10.1 Å². The maximum Gasteiger partial charge on any atom is 0.225 e. The zero-order valence-electron chi connectivity index (χ0n) is 9.93. The summed E-state index contributed by atoms with van der Waals surface area (Å²) in [5.41, 5.74) is 2.65. The van der Waals surface area contributed by atoms with E-state index in [1.54, 1.807) is 0 Å². The molecule has 2 heterocycles. The molecule has 94 valence electrons. The summed E-state index contributed by atoms with van der Waals surface area (Å²) < 4.78 is 9.31. The third kappa shape index (κ3) is 2.59. The number of hydrogen-bond acceptors (Lipinski definition) is 6. The Morgan fingerprint density at radius 1 is 1.39 bits per heavy atom. The Morgan fingerprint density at radius 2 is 2.39 bits per heavy atom. The highest BCUT2D eigenvalue weighted by Gasteiger charge is 2.10. The van der Waals surface area contributed by atoms with Crippen LogP contribution in [0.15, 0.2) is 18.2 Å². The molecule has 0 saturated carbocycles. The van der Waals surface area contributed by atoms with Crippen molar-refractivity contribution in [3.8, 4) is 5.75 Å². The minimum absolute atomic E-state index is 0.774. The summed E-state index contributed by atoms with van der Waals surface area (Å²) in [7, 11) is 0. The smallest absolute Gasteiger partial charge is 0.225 e. The third-order valence-electron chi connectivity index (χ3n) is 2.96. The first-order valence-electron chi connectivity index (χ1n) is 6.05. The molecule has 0 amide bonds. The van der Waals surface area contributed by atoms with E-state index in [1.165, 1.54) is 22.7 Å². The van der Waals surface area contributed by atoms with E-state index in [9.17, 15) is 0 Å². The molecule has 1 N–H and O–H groups in total. The second kappa shape index (κ2) is 5.30. The Hall–Kier alpha value is -1.69. The number of rotatable bonds is 4. The molecule has 0 saturated heterocycles. The van der Waals surface area contributed by atoms with E-state index < -0.39 is 0 Å². The normalized spacial score (nSPS) is 13.8. The van der Waals surface area contributed by atoms with E-state index in [-0.39, 0.29) is 0 Å². The molecule has 0 aliphatic carbocycles. The molecule has 0 bridgehead atoms. The second-order valence-electron chi connectivity index (χ2n) is 4.24. The van der Waals surface area contributed by atoms with Gasteiger partial charge in [0.15, 0.2) is 0 Å². The minimum Gasteiger partial charge on any atom is -0.493 e. The van der Waals surface area contributed by atoms with Gasteiger partial charge in [-0.3, -0.25) is 0 Å². The third-order valence-corrected chi connectivity index (χ3v) is 3.52. The second-order valence-corrected chi connectivity index (χ2v) is 4.97. The monoisotopic (exact) mass is 262 g/mol. The minimum atomic E-state index is 0.774. The molecule has 0 spiro atoms. The molecule has 1 aliphatic heterocycles. The van der Waals surface area contributed by atoms with Crippen LogP contribution in [0.25, 0.3) is 0 Å². The first-order chi connectivity index (χ1) is 8.92. The number of ether oxygens (including phenoxy) is 1. The van der Waals surface area contributed by atoms with Gasteiger partial charge in [0.05, 0.1) is 6.61 Å². The van der Waals surface area contributed by atoms with Gasteiger partial charge in [0.2, 0.25) is 5.13 Å². The van der Waals surface area contributed by atoms with E-state index in [2.05, 4.69) is 38.3 Å². The summed E-state index contributed by atoms with van der Waals surface area (Å²) >= 11 is 1.28. The zero-order valence-corrected chi connectivity index (χ0v) is 10.7. The fraction of sp³-hybridized carbons (Fsp3) is 0.417. The van der Waals surface area contributed by atoms with Crippen molar-refractivity contribution in [2.24, 2.45) is 0 Å². The van der Waals surface area contributed by atoms with Gasteiger partial charge < -0.3 is 10.1 Å². The summed E-state index contributed by atoms with van der Waals surface area (Å²) in [5.74, 6) is 1.05. The lowest BCUT2D eigenvalue weighted by Crippen LogP contribution is -2.09. The van der Waals surface area contributed by atoms with Crippen molar-refractivity contribution < 1.29 is 4.74 Å². The number of aryl methyl sites for hydroxylation is 1. The molecule has 0 unspecified atom stereocenters. The lowest BCUT2D eigenvalue weighted by Gasteiger charge is -2.17. The average molecular weight is 262 g/mol. The molecule has 1 aliphatic rings. The van der Waals surface area contributed by atoms with Gasteiger partial charge in [0.25, 0.3) is 0 Å². The lowest BCUT2D eigenvalue weighted by molar-refractivity contribution is 0.288. The first-order valence-corrected chi connectivity index (χ1v) is 6.83. The highest BCUT2D eigenvalue weighted by Crippen LogP contribution is 2.25. The SMILES string of the molecule is c1cc2c(cc1CCNc1nnns1)CCCO2. The van der Waals surface area contributed by atoms with Crippen LogP contribution in [0.1, 0.15) is 17.5 Å². The molecule has 0 atom stereocenters. The van der Waals surface area contributed by atoms with Crippen molar-refractivity contribution in [3.63, 3.8) is 0 Å². The van der Waals surface area contributed by atoms with Crippen LogP contribution in [0.4, 0.5) is 5.13 Å². The maximum absolute atomic E-state index is 5.60. The number of nitrogens with one attached hydrogen (secondary N) is 1. The summed E-state index contributed by atoms with van der Waals surface area (Å²) in [6.45, 7) is 1.69. The average Bonchev–Trinajstić information content (AvgIpc) is 2.92. The quantitative estimate of drug-likeness (QED) is 0.912. The van der Waals surface area contributed by atoms with Gasteiger partial charge in [-0.1, -0.05) is 21.7 Å². The van der Waals surface area contributed by atoms with Gasteiger partial charge in [-0.2, -0.15) is 0 Å². The van der Waals surface area contributed by atoms with Gasteiger partial charge in [0.1, 0.15) is 5.75 Å². The van der Waals surface area contributed by atoms with Crippen molar-refractivity contribution in [1.82, 2.24) is 14.8 Å². The molecule has 2 aromatic rings. The molecule has 0 fully saturated rings. The van der Waals surface area contributed by atoms with Gasteiger partial charge in [-0.15, -0.1) is 0 Å². The fourth-order valence-electron chi connectivity index (χ4n) is 2.08. The van der Waals surface area contributed by atoms with Crippen LogP contribution >= 0.6 is 11.5 Å². The molecule has 1 aromatic carbocycles. The van der Waals surface area contributed by atoms with Crippen LogP contribution in [0, 0.1) is 0 Å². The van der Waals surface area contributed by atoms with Crippen molar-refractivity contribution in [3.05, 3.63) is 29.3 Å². The van der Waals surface area contributed by atoms with Crippen molar-refractivity contribution >= 4 is 16.7 Å². The summed E-state index contributed by atoms with van der Waals surface area (Å²) in [5, 5.41) is 11.4. The van der Waals surface area contributed by atoms with E-state index in [0.29, 0.717) is 0 Å². The fourth-order valence-corrected chi connectivity index (χ4v) is 2.47.